The summed E-state index contributed by atoms with van der Waals surface area (Å²) in [5.41, 5.74) is 1.49. The highest BCUT2D eigenvalue weighted by molar-refractivity contribution is 5.93. The fourth-order valence-electron chi connectivity index (χ4n) is 2.03. The Hall–Kier alpha value is -1.85. The molecule has 1 aromatic rings. The summed E-state index contributed by atoms with van der Waals surface area (Å²) in [6.07, 6.45) is 1.17. The third kappa shape index (κ3) is 2.52. The first-order valence-corrected chi connectivity index (χ1v) is 6.20. The van der Waals surface area contributed by atoms with E-state index in [1.807, 2.05) is 13.0 Å². The predicted octanol–water partition coefficient (Wildman–Crippen LogP) is -0.0554. The maximum Gasteiger partial charge on any atom is 0.272 e. The average Bonchev–Trinajstić information content (AvgIpc) is 2.59. The summed E-state index contributed by atoms with van der Waals surface area (Å²) in [4.78, 5) is 25.3. The van der Waals surface area contributed by atoms with Gasteiger partial charge in [0.1, 0.15) is 5.69 Å². The first kappa shape index (κ1) is 12.6. The summed E-state index contributed by atoms with van der Waals surface area (Å²) in [5, 5.41) is 7.03. The molecule has 1 fully saturated rings. The van der Waals surface area contributed by atoms with Gasteiger partial charge in [-0.05, 0) is 12.5 Å². The molecule has 0 atom stereocenters. The Morgan fingerprint density at radius 2 is 2.28 bits per heavy atom. The molecule has 2 rings (SSSR count). The summed E-state index contributed by atoms with van der Waals surface area (Å²) in [6, 6.07) is 1.82. The van der Waals surface area contributed by atoms with Crippen LogP contribution in [0.3, 0.4) is 0 Å². The van der Waals surface area contributed by atoms with E-state index in [2.05, 4.69) is 10.4 Å². The number of nitrogens with one attached hydrogen (secondary N) is 1. The Bertz CT molecular complexity index is 467. The van der Waals surface area contributed by atoms with Crippen molar-refractivity contribution in [3.05, 3.63) is 17.5 Å². The molecule has 0 saturated carbocycles. The molecule has 1 aromatic heterocycles. The van der Waals surface area contributed by atoms with Gasteiger partial charge in [-0.2, -0.15) is 5.10 Å². The van der Waals surface area contributed by atoms with E-state index in [-0.39, 0.29) is 11.8 Å². The van der Waals surface area contributed by atoms with Gasteiger partial charge in [0.25, 0.3) is 5.91 Å². The van der Waals surface area contributed by atoms with Crippen LogP contribution in [0.5, 0.6) is 0 Å². The van der Waals surface area contributed by atoms with Gasteiger partial charge in [-0.3, -0.25) is 14.3 Å². The third-order valence-corrected chi connectivity index (χ3v) is 3.11. The van der Waals surface area contributed by atoms with Crippen LogP contribution in [0.1, 0.15) is 29.5 Å². The second-order valence-electron chi connectivity index (χ2n) is 4.39. The van der Waals surface area contributed by atoms with Crippen molar-refractivity contribution >= 4 is 11.8 Å². The van der Waals surface area contributed by atoms with Gasteiger partial charge in [0.05, 0.1) is 5.69 Å². The first-order valence-electron chi connectivity index (χ1n) is 6.20. The molecule has 1 N–H and O–H groups in total. The number of hydrogen-bond donors (Lipinski definition) is 1. The van der Waals surface area contributed by atoms with Crippen molar-refractivity contribution in [2.75, 3.05) is 19.6 Å². The normalized spacial score (nSPS) is 16.3. The fraction of sp³-hybridized carbons (Fsp3) is 0.583. The third-order valence-electron chi connectivity index (χ3n) is 3.11. The van der Waals surface area contributed by atoms with Crippen LogP contribution in [0, 0.1) is 0 Å². The zero-order valence-corrected chi connectivity index (χ0v) is 10.8. The molecule has 0 aliphatic carbocycles. The number of aromatic nitrogens is 2. The average molecular weight is 250 g/mol. The molecule has 6 heteroatoms. The van der Waals surface area contributed by atoms with E-state index in [1.165, 1.54) is 0 Å². The SMILES string of the molecule is CCc1cc(C(=O)N2CCNC(=O)CC2)n(C)n1. The van der Waals surface area contributed by atoms with Gasteiger partial charge in [0.2, 0.25) is 5.91 Å². The van der Waals surface area contributed by atoms with Crippen LogP contribution in [0.4, 0.5) is 0 Å². The van der Waals surface area contributed by atoms with E-state index in [1.54, 1.807) is 16.6 Å². The molecular weight excluding hydrogens is 232 g/mol. The molecule has 1 aliphatic heterocycles. The molecule has 0 aromatic carbocycles. The zero-order chi connectivity index (χ0) is 13.1. The lowest BCUT2D eigenvalue weighted by Crippen LogP contribution is -2.35. The highest BCUT2D eigenvalue weighted by Gasteiger charge is 2.22. The Morgan fingerprint density at radius 3 is 2.94 bits per heavy atom. The Morgan fingerprint density at radius 1 is 1.50 bits per heavy atom. The highest BCUT2D eigenvalue weighted by Crippen LogP contribution is 2.09. The van der Waals surface area contributed by atoms with Crippen molar-refractivity contribution in [1.29, 1.82) is 0 Å². The Kier molecular flexibility index (Phi) is 3.64. The Labute approximate surface area is 106 Å². The summed E-state index contributed by atoms with van der Waals surface area (Å²) in [5.74, 6) is -0.0502. The molecule has 1 aliphatic rings. The lowest BCUT2D eigenvalue weighted by molar-refractivity contribution is -0.120. The van der Waals surface area contributed by atoms with E-state index in [9.17, 15) is 9.59 Å². The predicted molar refractivity (Wildman–Crippen MR) is 66.1 cm³/mol. The summed E-state index contributed by atoms with van der Waals surface area (Å²) in [6.45, 7) is 3.54. The van der Waals surface area contributed by atoms with Gasteiger partial charge < -0.3 is 10.2 Å². The van der Waals surface area contributed by atoms with E-state index in [4.69, 9.17) is 0 Å². The molecule has 0 bridgehead atoms. The van der Waals surface area contributed by atoms with Gasteiger partial charge in [-0.15, -0.1) is 0 Å². The number of amides is 2. The standard InChI is InChI=1S/C12H18N4O2/c1-3-9-8-10(15(2)14-9)12(18)16-6-4-11(17)13-5-7-16/h8H,3-7H2,1-2H3,(H,13,17). The summed E-state index contributed by atoms with van der Waals surface area (Å²) in [7, 11) is 1.77. The van der Waals surface area contributed by atoms with E-state index in [0.717, 1.165) is 12.1 Å². The fourth-order valence-corrected chi connectivity index (χ4v) is 2.03. The molecule has 0 unspecified atom stereocenters. The molecule has 1 saturated heterocycles. The number of carbonyl (C=O) groups excluding carboxylic acids is 2. The van der Waals surface area contributed by atoms with Crippen LogP contribution in [0.25, 0.3) is 0 Å². The second kappa shape index (κ2) is 5.20. The van der Waals surface area contributed by atoms with Crippen molar-refractivity contribution in [1.82, 2.24) is 20.0 Å². The van der Waals surface area contributed by atoms with Crippen LogP contribution >= 0.6 is 0 Å². The first-order chi connectivity index (χ1) is 8.61. The Balaban J connectivity index is 2.14. The van der Waals surface area contributed by atoms with Gasteiger partial charge in [0.15, 0.2) is 0 Å². The van der Waals surface area contributed by atoms with Gasteiger partial charge in [-0.1, -0.05) is 6.92 Å². The topological polar surface area (TPSA) is 67.2 Å². The molecule has 98 valence electrons. The number of rotatable bonds is 2. The van der Waals surface area contributed by atoms with Crippen molar-refractivity contribution < 1.29 is 9.59 Å². The maximum atomic E-state index is 12.3. The molecule has 0 radical (unpaired) electrons. The molecule has 2 heterocycles. The lowest BCUT2D eigenvalue weighted by atomic mass is 10.2. The van der Waals surface area contributed by atoms with Crippen LogP contribution in [-0.2, 0) is 18.3 Å². The maximum absolute atomic E-state index is 12.3. The monoisotopic (exact) mass is 250 g/mol. The van der Waals surface area contributed by atoms with Crippen LogP contribution in [0.15, 0.2) is 6.07 Å². The summed E-state index contributed by atoms with van der Waals surface area (Å²) >= 11 is 0. The summed E-state index contributed by atoms with van der Waals surface area (Å²) < 4.78 is 1.61. The van der Waals surface area contributed by atoms with Crippen molar-refractivity contribution in [2.24, 2.45) is 7.05 Å². The molecule has 2 amide bonds. The van der Waals surface area contributed by atoms with Crippen LogP contribution in [0.2, 0.25) is 0 Å². The molecular formula is C12H18N4O2. The minimum atomic E-state index is -0.0544. The van der Waals surface area contributed by atoms with Gasteiger partial charge >= 0.3 is 0 Å². The molecule has 0 spiro atoms. The molecule has 18 heavy (non-hydrogen) atoms. The largest absolute Gasteiger partial charge is 0.354 e. The lowest BCUT2D eigenvalue weighted by Gasteiger charge is -2.19. The van der Waals surface area contributed by atoms with E-state index in [0.29, 0.717) is 31.7 Å². The number of carbonyl (C=O) groups is 2. The second-order valence-corrected chi connectivity index (χ2v) is 4.39. The number of hydrogen-bond acceptors (Lipinski definition) is 3. The minimum absolute atomic E-state index is 0.00422. The van der Waals surface area contributed by atoms with Gasteiger partial charge in [-0.25, -0.2) is 0 Å². The number of aryl methyl sites for hydroxylation is 2. The smallest absolute Gasteiger partial charge is 0.272 e. The highest BCUT2D eigenvalue weighted by atomic mass is 16.2. The van der Waals surface area contributed by atoms with Crippen LogP contribution < -0.4 is 5.32 Å². The van der Waals surface area contributed by atoms with Crippen molar-refractivity contribution in [2.45, 2.75) is 19.8 Å². The molecule has 6 nitrogen and oxygen atoms in total. The van der Waals surface area contributed by atoms with Gasteiger partial charge in [0, 0.05) is 33.1 Å². The minimum Gasteiger partial charge on any atom is -0.354 e. The van der Waals surface area contributed by atoms with Crippen molar-refractivity contribution in [3.63, 3.8) is 0 Å². The number of nitrogens with zero attached hydrogens (tertiary/aromatic N) is 3. The quantitative estimate of drug-likeness (QED) is 0.800. The van der Waals surface area contributed by atoms with E-state index < -0.39 is 0 Å². The van der Waals surface area contributed by atoms with Crippen LogP contribution in [-0.4, -0.2) is 46.1 Å². The van der Waals surface area contributed by atoms with E-state index >= 15 is 0 Å². The van der Waals surface area contributed by atoms with Crippen molar-refractivity contribution in [3.8, 4) is 0 Å². The zero-order valence-electron chi connectivity index (χ0n) is 10.8.